The van der Waals surface area contributed by atoms with Gasteiger partial charge < -0.3 is 20.1 Å². The largest absolute Gasteiger partial charge is 0.444 e. The Hall–Kier alpha value is -1.96. The van der Waals surface area contributed by atoms with Crippen molar-refractivity contribution in [2.24, 2.45) is 0 Å². The molecule has 0 radical (unpaired) electrons. The van der Waals surface area contributed by atoms with Crippen molar-refractivity contribution in [1.29, 1.82) is 0 Å². The minimum absolute atomic E-state index is 0.244. The van der Waals surface area contributed by atoms with Crippen LogP contribution in [0.3, 0.4) is 0 Å². The fraction of sp³-hybridized carbons (Fsp3) is 0.524. The molecule has 0 saturated carbocycles. The Morgan fingerprint density at radius 3 is 2.57 bits per heavy atom. The fourth-order valence-corrected chi connectivity index (χ4v) is 3.85. The van der Waals surface area contributed by atoms with Gasteiger partial charge in [-0.3, -0.25) is 0 Å². The molecule has 1 atom stereocenters. The van der Waals surface area contributed by atoms with E-state index in [1.54, 1.807) is 22.4 Å². The molecule has 152 valence electrons. The number of benzene rings is 1. The number of carbonyl (C=O) groups excluding carboxylic acids is 1. The quantitative estimate of drug-likeness (QED) is 0.794. The number of thiazole rings is 1. The molecule has 2 aromatic rings. The molecule has 1 aliphatic heterocycles. The summed E-state index contributed by atoms with van der Waals surface area (Å²) in [5.41, 5.74) is 1.48. The molecule has 1 amide bonds. The van der Waals surface area contributed by atoms with Crippen LogP contribution in [0.1, 0.15) is 45.3 Å². The van der Waals surface area contributed by atoms with Gasteiger partial charge in [-0.25, -0.2) is 9.78 Å². The van der Waals surface area contributed by atoms with Gasteiger partial charge in [0, 0.05) is 42.8 Å². The molecular formula is C21H29N3O3S. The average Bonchev–Trinajstić information content (AvgIpc) is 3.20. The van der Waals surface area contributed by atoms with Gasteiger partial charge in [-0.15, -0.1) is 11.3 Å². The van der Waals surface area contributed by atoms with E-state index in [-0.39, 0.29) is 6.09 Å². The molecule has 1 aromatic heterocycles. The van der Waals surface area contributed by atoms with Crippen LogP contribution >= 0.6 is 11.3 Å². The molecule has 1 unspecified atom stereocenters. The third kappa shape index (κ3) is 5.77. The van der Waals surface area contributed by atoms with Gasteiger partial charge in [0.1, 0.15) is 10.6 Å². The Bertz CT molecular complexity index is 748. The highest BCUT2D eigenvalue weighted by Gasteiger charge is 2.26. The van der Waals surface area contributed by atoms with Crippen molar-refractivity contribution < 1.29 is 14.6 Å². The summed E-state index contributed by atoms with van der Waals surface area (Å²) in [6.07, 6.45) is 2.70. The minimum atomic E-state index is -0.561. The number of nitrogens with one attached hydrogen (secondary N) is 1. The number of piperidine rings is 1. The second-order valence-electron chi connectivity index (χ2n) is 8.12. The maximum atomic E-state index is 12.1. The van der Waals surface area contributed by atoms with Crippen LogP contribution in [0.2, 0.25) is 0 Å². The van der Waals surface area contributed by atoms with Gasteiger partial charge >= 0.3 is 6.09 Å². The van der Waals surface area contributed by atoms with Crippen molar-refractivity contribution in [2.45, 2.75) is 51.4 Å². The van der Waals surface area contributed by atoms with Crippen LogP contribution in [-0.4, -0.2) is 52.4 Å². The van der Waals surface area contributed by atoms with E-state index in [1.165, 1.54) is 0 Å². The first kappa shape index (κ1) is 20.8. The summed E-state index contributed by atoms with van der Waals surface area (Å²) in [6.45, 7) is 7.47. The SMILES string of the molecule is CC(C)(C)OC(=O)N1CCC(NCC(O)c2ccc(-c3nccs3)cc2)CC1. The van der Waals surface area contributed by atoms with Gasteiger partial charge in [0.2, 0.25) is 0 Å². The van der Waals surface area contributed by atoms with E-state index in [0.717, 1.165) is 29.0 Å². The van der Waals surface area contributed by atoms with Crippen molar-refractivity contribution in [3.63, 3.8) is 0 Å². The molecule has 6 nitrogen and oxygen atoms in total. The molecule has 0 bridgehead atoms. The number of aliphatic hydroxyl groups excluding tert-OH is 1. The van der Waals surface area contributed by atoms with E-state index in [0.29, 0.717) is 25.7 Å². The Morgan fingerprint density at radius 2 is 2.00 bits per heavy atom. The zero-order valence-electron chi connectivity index (χ0n) is 16.7. The Balaban J connectivity index is 1.43. The number of likely N-dealkylation sites (tertiary alicyclic amines) is 1. The van der Waals surface area contributed by atoms with Crippen LogP contribution in [0, 0.1) is 0 Å². The highest BCUT2D eigenvalue weighted by molar-refractivity contribution is 7.13. The molecule has 1 aromatic carbocycles. The number of carbonyl (C=O) groups is 1. The zero-order chi connectivity index (χ0) is 20.1. The van der Waals surface area contributed by atoms with Crippen molar-refractivity contribution in [3.05, 3.63) is 41.4 Å². The van der Waals surface area contributed by atoms with Crippen molar-refractivity contribution >= 4 is 17.4 Å². The molecule has 1 saturated heterocycles. The van der Waals surface area contributed by atoms with Crippen molar-refractivity contribution in [3.8, 4) is 10.6 Å². The van der Waals surface area contributed by atoms with Crippen LogP contribution in [0.25, 0.3) is 10.6 Å². The van der Waals surface area contributed by atoms with Gasteiger partial charge in [-0.1, -0.05) is 24.3 Å². The van der Waals surface area contributed by atoms with Gasteiger partial charge in [0.25, 0.3) is 0 Å². The first-order chi connectivity index (χ1) is 13.3. The maximum absolute atomic E-state index is 12.1. The van der Waals surface area contributed by atoms with E-state index in [4.69, 9.17) is 4.74 Å². The van der Waals surface area contributed by atoms with Gasteiger partial charge in [-0.2, -0.15) is 0 Å². The minimum Gasteiger partial charge on any atom is -0.444 e. The molecule has 0 aliphatic carbocycles. The van der Waals surface area contributed by atoms with Crippen LogP contribution in [-0.2, 0) is 4.74 Å². The first-order valence-electron chi connectivity index (χ1n) is 9.71. The van der Waals surface area contributed by atoms with E-state index < -0.39 is 11.7 Å². The molecule has 28 heavy (non-hydrogen) atoms. The highest BCUT2D eigenvalue weighted by atomic mass is 32.1. The van der Waals surface area contributed by atoms with Crippen LogP contribution in [0.4, 0.5) is 4.79 Å². The Morgan fingerprint density at radius 1 is 1.32 bits per heavy atom. The van der Waals surface area contributed by atoms with Crippen LogP contribution < -0.4 is 5.32 Å². The molecule has 3 rings (SSSR count). The number of rotatable bonds is 5. The van der Waals surface area contributed by atoms with Crippen LogP contribution in [0.15, 0.2) is 35.8 Å². The zero-order valence-corrected chi connectivity index (χ0v) is 17.5. The summed E-state index contributed by atoms with van der Waals surface area (Å²) in [6, 6.07) is 8.19. The predicted molar refractivity (Wildman–Crippen MR) is 111 cm³/mol. The molecule has 2 N–H and O–H groups in total. The maximum Gasteiger partial charge on any atom is 0.410 e. The molecule has 2 heterocycles. The Labute approximate surface area is 170 Å². The summed E-state index contributed by atoms with van der Waals surface area (Å²) in [4.78, 5) is 18.2. The lowest BCUT2D eigenvalue weighted by Crippen LogP contribution is -2.47. The number of aromatic nitrogens is 1. The Kier molecular flexibility index (Phi) is 6.69. The van der Waals surface area contributed by atoms with Gasteiger partial charge in [0.05, 0.1) is 6.10 Å². The molecule has 1 fully saturated rings. The lowest BCUT2D eigenvalue weighted by atomic mass is 10.0. The van der Waals surface area contributed by atoms with Gasteiger partial charge in [0.15, 0.2) is 0 Å². The summed E-state index contributed by atoms with van der Waals surface area (Å²) < 4.78 is 5.43. The van der Waals surface area contributed by atoms with E-state index >= 15 is 0 Å². The summed E-state index contributed by atoms with van der Waals surface area (Å²) in [5, 5.41) is 16.8. The fourth-order valence-electron chi connectivity index (χ4n) is 3.20. The molecule has 1 aliphatic rings. The predicted octanol–water partition coefficient (Wildman–Crippen LogP) is 3.83. The molecule has 0 spiro atoms. The third-order valence-electron chi connectivity index (χ3n) is 4.72. The second kappa shape index (κ2) is 9.03. The van der Waals surface area contributed by atoms with E-state index in [9.17, 15) is 9.90 Å². The van der Waals surface area contributed by atoms with Crippen molar-refractivity contribution in [2.75, 3.05) is 19.6 Å². The smallest absolute Gasteiger partial charge is 0.410 e. The number of ether oxygens (including phenoxy) is 1. The number of hydrogen-bond acceptors (Lipinski definition) is 6. The molecular weight excluding hydrogens is 374 g/mol. The normalized spacial score (nSPS) is 16.8. The topological polar surface area (TPSA) is 74.7 Å². The van der Waals surface area contributed by atoms with Crippen molar-refractivity contribution in [1.82, 2.24) is 15.2 Å². The average molecular weight is 404 g/mol. The van der Waals surface area contributed by atoms with Crippen LogP contribution in [0.5, 0.6) is 0 Å². The summed E-state index contributed by atoms with van der Waals surface area (Å²) >= 11 is 1.60. The second-order valence-corrected chi connectivity index (χ2v) is 9.02. The number of hydrogen-bond donors (Lipinski definition) is 2. The standard InChI is InChI=1S/C21H29N3O3S/c1-21(2,3)27-20(26)24-11-8-17(9-12-24)23-14-18(25)15-4-6-16(7-5-15)19-22-10-13-28-19/h4-7,10,13,17-18,23,25H,8-9,11-12,14H2,1-3H3. The number of aliphatic hydroxyl groups is 1. The third-order valence-corrected chi connectivity index (χ3v) is 5.54. The lowest BCUT2D eigenvalue weighted by Gasteiger charge is -2.34. The first-order valence-corrected chi connectivity index (χ1v) is 10.6. The highest BCUT2D eigenvalue weighted by Crippen LogP contribution is 2.24. The summed E-state index contributed by atoms with van der Waals surface area (Å²) in [7, 11) is 0. The monoisotopic (exact) mass is 403 g/mol. The molecule has 7 heteroatoms. The lowest BCUT2D eigenvalue weighted by molar-refractivity contribution is 0.0194. The van der Waals surface area contributed by atoms with E-state index in [1.807, 2.05) is 50.4 Å². The van der Waals surface area contributed by atoms with Gasteiger partial charge in [-0.05, 0) is 39.2 Å². The summed E-state index contributed by atoms with van der Waals surface area (Å²) in [5.74, 6) is 0. The number of amides is 1. The van der Waals surface area contributed by atoms with E-state index in [2.05, 4.69) is 10.3 Å². The number of nitrogens with zero attached hydrogens (tertiary/aromatic N) is 2.